The lowest BCUT2D eigenvalue weighted by molar-refractivity contribution is -0.138. The van der Waals surface area contributed by atoms with Gasteiger partial charge in [-0.25, -0.2) is 14.5 Å². The SMILES string of the molecule is COC(=O)/C=C(/Nc1ccc(N2C(=O)c3ccccc3C2=O)cc1)C(=O)OC. The van der Waals surface area contributed by atoms with E-state index in [4.69, 9.17) is 0 Å². The Balaban J connectivity index is 1.83. The van der Waals surface area contributed by atoms with Gasteiger partial charge in [0.25, 0.3) is 11.8 Å². The number of nitrogens with zero attached hydrogens (tertiary/aromatic N) is 1. The Morgan fingerprint density at radius 2 is 1.46 bits per heavy atom. The van der Waals surface area contributed by atoms with Gasteiger partial charge in [0.15, 0.2) is 0 Å². The van der Waals surface area contributed by atoms with Crippen LogP contribution in [0.1, 0.15) is 20.7 Å². The molecule has 8 nitrogen and oxygen atoms in total. The molecule has 3 rings (SSSR count). The number of methoxy groups -OCH3 is 2. The summed E-state index contributed by atoms with van der Waals surface area (Å²) in [7, 11) is 2.37. The lowest BCUT2D eigenvalue weighted by Crippen LogP contribution is -2.29. The maximum absolute atomic E-state index is 12.5. The minimum Gasteiger partial charge on any atom is -0.466 e. The Labute approximate surface area is 160 Å². The molecule has 2 aromatic carbocycles. The van der Waals surface area contributed by atoms with Crippen molar-refractivity contribution in [1.29, 1.82) is 0 Å². The van der Waals surface area contributed by atoms with E-state index in [1.807, 2.05) is 0 Å². The summed E-state index contributed by atoms with van der Waals surface area (Å²) >= 11 is 0. The number of amides is 2. The molecule has 0 atom stereocenters. The first-order chi connectivity index (χ1) is 13.5. The van der Waals surface area contributed by atoms with Crippen molar-refractivity contribution in [2.24, 2.45) is 0 Å². The Kier molecular flexibility index (Phi) is 5.21. The Hall–Kier alpha value is -3.94. The second-order valence-corrected chi connectivity index (χ2v) is 5.74. The van der Waals surface area contributed by atoms with Gasteiger partial charge in [-0.2, -0.15) is 0 Å². The molecular weight excluding hydrogens is 364 g/mol. The molecule has 142 valence electrons. The molecule has 0 aromatic heterocycles. The molecule has 0 saturated heterocycles. The molecule has 1 heterocycles. The van der Waals surface area contributed by atoms with Gasteiger partial charge in [-0.1, -0.05) is 12.1 Å². The van der Waals surface area contributed by atoms with E-state index in [9.17, 15) is 19.2 Å². The average Bonchev–Trinajstić information content (AvgIpc) is 2.98. The van der Waals surface area contributed by atoms with Gasteiger partial charge in [0.05, 0.1) is 37.1 Å². The number of hydrogen-bond acceptors (Lipinski definition) is 7. The molecule has 1 aliphatic rings. The number of anilines is 2. The molecule has 0 bridgehead atoms. The van der Waals surface area contributed by atoms with E-state index in [1.165, 1.54) is 14.2 Å². The third kappa shape index (κ3) is 3.48. The third-order valence-electron chi connectivity index (χ3n) is 4.07. The highest BCUT2D eigenvalue weighted by Crippen LogP contribution is 2.29. The summed E-state index contributed by atoms with van der Waals surface area (Å²) in [4.78, 5) is 49.3. The predicted octanol–water partition coefficient (Wildman–Crippen LogP) is 2.13. The largest absolute Gasteiger partial charge is 0.466 e. The quantitative estimate of drug-likeness (QED) is 0.482. The lowest BCUT2D eigenvalue weighted by atomic mass is 10.1. The minimum absolute atomic E-state index is 0.122. The molecule has 0 unspecified atom stereocenters. The van der Waals surface area contributed by atoms with Gasteiger partial charge in [0, 0.05) is 5.69 Å². The molecule has 2 amide bonds. The molecule has 28 heavy (non-hydrogen) atoms. The third-order valence-corrected chi connectivity index (χ3v) is 4.07. The van der Waals surface area contributed by atoms with E-state index >= 15 is 0 Å². The van der Waals surface area contributed by atoms with Gasteiger partial charge in [-0.3, -0.25) is 9.59 Å². The van der Waals surface area contributed by atoms with Gasteiger partial charge in [-0.15, -0.1) is 0 Å². The van der Waals surface area contributed by atoms with Gasteiger partial charge < -0.3 is 14.8 Å². The second kappa shape index (κ2) is 7.75. The van der Waals surface area contributed by atoms with Gasteiger partial charge >= 0.3 is 11.9 Å². The molecule has 1 N–H and O–H groups in total. The molecule has 0 saturated carbocycles. The molecule has 0 aliphatic carbocycles. The van der Waals surface area contributed by atoms with Crippen LogP contribution in [0.2, 0.25) is 0 Å². The number of benzene rings is 2. The van der Waals surface area contributed by atoms with Crippen LogP contribution < -0.4 is 10.2 Å². The smallest absolute Gasteiger partial charge is 0.354 e. The van der Waals surface area contributed by atoms with Crippen molar-refractivity contribution >= 4 is 35.1 Å². The van der Waals surface area contributed by atoms with Crippen LogP contribution in [0.5, 0.6) is 0 Å². The van der Waals surface area contributed by atoms with E-state index in [0.717, 1.165) is 11.0 Å². The molecule has 0 radical (unpaired) electrons. The van der Waals surface area contributed by atoms with Crippen LogP contribution in [-0.2, 0) is 19.1 Å². The average molecular weight is 380 g/mol. The molecule has 0 spiro atoms. The van der Waals surface area contributed by atoms with Crippen molar-refractivity contribution in [1.82, 2.24) is 0 Å². The normalized spacial score (nSPS) is 13.2. The number of ether oxygens (including phenoxy) is 2. The number of hydrogen-bond donors (Lipinski definition) is 1. The maximum atomic E-state index is 12.5. The summed E-state index contributed by atoms with van der Waals surface area (Å²) in [5.74, 6) is -2.28. The van der Waals surface area contributed by atoms with E-state index in [-0.39, 0.29) is 5.70 Å². The van der Waals surface area contributed by atoms with E-state index < -0.39 is 23.8 Å². The zero-order chi connectivity index (χ0) is 20.3. The van der Waals surface area contributed by atoms with Crippen molar-refractivity contribution in [3.05, 3.63) is 71.4 Å². The van der Waals surface area contributed by atoms with Gasteiger partial charge in [0.2, 0.25) is 0 Å². The number of fused-ring (bicyclic) bond motifs is 1. The number of rotatable bonds is 5. The zero-order valence-corrected chi connectivity index (χ0v) is 15.1. The molecule has 2 aromatic rings. The van der Waals surface area contributed by atoms with Crippen molar-refractivity contribution in [2.75, 3.05) is 24.4 Å². The summed E-state index contributed by atoms with van der Waals surface area (Å²) in [6.45, 7) is 0. The first kappa shape index (κ1) is 18.8. The van der Waals surface area contributed by atoms with Crippen LogP contribution in [0.3, 0.4) is 0 Å². The lowest BCUT2D eigenvalue weighted by Gasteiger charge is -2.15. The van der Waals surface area contributed by atoms with Crippen molar-refractivity contribution in [3.63, 3.8) is 0 Å². The molecule has 1 aliphatic heterocycles. The number of carbonyl (C=O) groups is 4. The van der Waals surface area contributed by atoms with E-state index in [0.29, 0.717) is 22.5 Å². The maximum Gasteiger partial charge on any atom is 0.354 e. The predicted molar refractivity (Wildman–Crippen MR) is 99.8 cm³/mol. The molecular formula is C20H16N2O6. The highest BCUT2D eigenvalue weighted by atomic mass is 16.5. The Bertz CT molecular complexity index is 959. The summed E-state index contributed by atoms with van der Waals surface area (Å²) < 4.78 is 9.13. The standard InChI is InChI=1S/C20H16N2O6/c1-27-17(23)11-16(20(26)28-2)21-12-7-9-13(10-8-12)22-18(24)14-5-3-4-6-15(14)19(22)25/h3-11,21H,1-2H3/b16-11+. The first-order valence-electron chi connectivity index (χ1n) is 8.19. The highest BCUT2D eigenvalue weighted by Gasteiger charge is 2.36. The number of esters is 2. The van der Waals surface area contributed by atoms with Crippen molar-refractivity contribution in [3.8, 4) is 0 Å². The Morgan fingerprint density at radius 1 is 0.893 bits per heavy atom. The highest BCUT2D eigenvalue weighted by molar-refractivity contribution is 6.34. The summed E-state index contributed by atoms with van der Waals surface area (Å²) in [6, 6.07) is 12.8. The number of carbonyl (C=O) groups excluding carboxylic acids is 4. The van der Waals surface area contributed by atoms with Crippen LogP contribution in [0.15, 0.2) is 60.3 Å². The zero-order valence-electron chi connectivity index (χ0n) is 15.1. The van der Waals surface area contributed by atoms with Crippen LogP contribution in [0.25, 0.3) is 0 Å². The van der Waals surface area contributed by atoms with Crippen LogP contribution in [0.4, 0.5) is 11.4 Å². The Morgan fingerprint density at radius 3 is 1.96 bits per heavy atom. The van der Waals surface area contributed by atoms with Crippen molar-refractivity contribution < 1.29 is 28.7 Å². The van der Waals surface area contributed by atoms with Crippen molar-refractivity contribution in [2.45, 2.75) is 0 Å². The number of nitrogens with one attached hydrogen (secondary N) is 1. The van der Waals surface area contributed by atoms with Crippen LogP contribution in [-0.4, -0.2) is 38.0 Å². The van der Waals surface area contributed by atoms with Gasteiger partial charge in [0.1, 0.15) is 5.70 Å². The van der Waals surface area contributed by atoms with E-state index in [1.54, 1.807) is 48.5 Å². The fraction of sp³-hybridized carbons (Fsp3) is 0.100. The minimum atomic E-state index is -0.755. The summed E-state index contributed by atoms with van der Waals surface area (Å²) in [5.41, 5.74) is 1.41. The summed E-state index contributed by atoms with van der Waals surface area (Å²) in [5, 5.41) is 2.75. The van der Waals surface area contributed by atoms with Crippen LogP contribution >= 0.6 is 0 Å². The molecule has 0 fully saturated rings. The van der Waals surface area contributed by atoms with Gasteiger partial charge in [-0.05, 0) is 36.4 Å². The topological polar surface area (TPSA) is 102 Å². The summed E-state index contributed by atoms with van der Waals surface area (Å²) in [6.07, 6.45) is 0.962. The van der Waals surface area contributed by atoms with E-state index in [2.05, 4.69) is 14.8 Å². The monoisotopic (exact) mass is 380 g/mol. The fourth-order valence-electron chi connectivity index (χ4n) is 2.71. The molecule has 8 heteroatoms. The number of imide groups is 1. The first-order valence-corrected chi connectivity index (χ1v) is 8.19. The second-order valence-electron chi connectivity index (χ2n) is 5.74. The van der Waals surface area contributed by atoms with Crippen LogP contribution in [0, 0.1) is 0 Å². The fourth-order valence-corrected chi connectivity index (χ4v) is 2.71.